The van der Waals surface area contributed by atoms with Crippen molar-refractivity contribution in [1.82, 2.24) is 29.0 Å². The first-order chi connectivity index (χ1) is 28.9. The van der Waals surface area contributed by atoms with Crippen LogP contribution in [0.4, 0.5) is 30.8 Å². The Hall–Kier alpha value is -3.68. The van der Waals surface area contributed by atoms with Gasteiger partial charge in [0.2, 0.25) is 0 Å². The molecule has 0 unspecified atom stereocenters. The molecule has 9 rings (SSSR count). The number of piperidine rings is 1. The van der Waals surface area contributed by atoms with Crippen LogP contribution in [0.5, 0.6) is 11.5 Å². The summed E-state index contributed by atoms with van der Waals surface area (Å²) in [5.41, 5.74) is 9.24. The Balaban J connectivity index is 0.000000208. The van der Waals surface area contributed by atoms with Crippen molar-refractivity contribution < 1.29 is 79.9 Å². The van der Waals surface area contributed by atoms with Gasteiger partial charge in [0, 0.05) is 93.8 Å². The van der Waals surface area contributed by atoms with Crippen LogP contribution in [0.25, 0.3) is 21.9 Å². The SMILES string of the molecule is CCN(C)SNc1ccc(F)c(Oc2ccc3nccnc3c2)c1C#N.[CH2-]CN(C(N)=O)c1nn(C)c2cc(N3CC4(CC(N5CCC6(CCCO6)CC5)C4)C3)c(F)cc12.[K+].[OH-]. The molecule has 2 spiro atoms. The third kappa shape index (κ3) is 9.70. The van der Waals surface area contributed by atoms with E-state index in [2.05, 4.69) is 36.5 Å². The summed E-state index contributed by atoms with van der Waals surface area (Å²) in [7, 11) is 3.70. The van der Waals surface area contributed by atoms with E-state index in [1.807, 2.05) is 30.4 Å². The number of carbonyl (C=O) groups is 1. The van der Waals surface area contributed by atoms with Crippen LogP contribution in [0.3, 0.4) is 0 Å². The normalized spacial score (nSPS) is 17.7. The van der Waals surface area contributed by atoms with Gasteiger partial charge in [0.25, 0.3) is 0 Å². The fraction of sp³-hybridized carbons (Fsp3) is 0.442. The van der Waals surface area contributed by atoms with Gasteiger partial charge in [-0.3, -0.25) is 14.6 Å². The van der Waals surface area contributed by atoms with Crippen LogP contribution in [-0.2, 0) is 11.8 Å². The summed E-state index contributed by atoms with van der Waals surface area (Å²) in [5.74, 6) is -0.304. The topological polar surface area (TPSA) is 184 Å². The Morgan fingerprint density at radius 2 is 1.82 bits per heavy atom. The number of rotatable bonds is 10. The minimum Gasteiger partial charge on any atom is -0.870 e. The zero-order valence-electron chi connectivity index (χ0n) is 35.6. The van der Waals surface area contributed by atoms with Crippen molar-refractivity contribution >= 4 is 57.3 Å². The van der Waals surface area contributed by atoms with E-state index in [0.717, 1.165) is 44.8 Å². The molecule has 0 bridgehead atoms. The number of hydrogen-bond acceptors (Lipinski definition) is 13. The monoisotopic (exact) mass is 894 g/mol. The molecule has 2 amide bonds. The van der Waals surface area contributed by atoms with E-state index in [1.54, 1.807) is 42.3 Å². The molecule has 19 heteroatoms. The number of halogens is 2. The number of amides is 2. The van der Waals surface area contributed by atoms with Gasteiger partial charge in [0.1, 0.15) is 23.2 Å². The van der Waals surface area contributed by atoms with E-state index in [0.29, 0.717) is 50.8 Å². The van der Waals surface area contributed by atoms with Crippen LogP contribution in [-0.4, -0.2) is 105 Å². The fourth-order valence-corrected chi connectivity index (χ4v) is 9.57. The number of anilines is 3. The van der Waals surface area contributed by atoms with Crippen LogP contribution in [0.1, 0.15) is 51.0 Å². The van der Waals surface area contributed by atoms with Gasteiger partial charge in [-0.15, -0.1) is 0 Å². The summed E-state index contributed by atoms with van der Waals surface area (Å²) in [6, 6.07) is 13.2. The second kappa shape index (κ2) is 20.0. The molecule has 1 aliphatic carbocycles. The Morgan fingerprint density at radius 3 is 2.47 bits per heavy atom. The predicted octanol–water partition coefficient (Wildman–Crippen LogP) is 4.23. The van der Waals surface area contributed by atoms with Gasteiger partial charge in [-0.1, -0.05) is 13.5 Å². The second-order valence-corrected chi connectivity index (χ2v) is 17.2. The Kier molecular flexibility index (Phi) is 15.4. The van der Waals surface area contributed by atoms with Gasteiger partial charge in [-0.05, 0) is 82.0 Å². The molecule has 3 saturated heterocycles. The Bertz CT molecular complexity index is 2420. The van der Waals surface area contributed by atoms with Crippen molar-refractivity contribution in [2.45, 2.75) is 57.1 Å². The summed E-state index contributed by atoms with van der Waals surface area (Å²) >= 11 is 1.32. The maximum Gasteiger partial charge on any atom is 1.00 e. The van der Waals surface area contributed by atoms with Gasteiger partial charge in [-0.2, -0.15) is 10.4 Å². The molecule has 5 heterocycles. The quantitative estimate of drug-likeness (QED) is 0.116. The summed E-state index contributed by atoms with van der Waals surface area (Å²) in [6.07, 6.45) is 10.3. The smallest absolute Gasteiger partial charge is 0.870 e. The molecular formula is C43H51F2KN11O4S-. The number of aryl methyl sites for hydroxylation is 1. The van der Waals surface area contributed by atoms with Crippen LogP contribution >= 0.6 is 12.1 Å². The fourth-order valence-electron chi connectivity index (χ4n) is 9.02. The molecule has 4 N–H and O–H groups in total. The number of ether oxygens (including phenoxy) is 2. The van der Waals surface area contributed by atoms with Crippen molar-refractivity contribution in [3.8, 4) is 17.6 Å². The number of nitrogens with one attached hydrogen (secondary N) is 1. The summed E-state index contributed by atoms with van der Waals surface area (Å²) < 4.78 is 47.9. The van der Waals surface area contributed by atoms with Crippen LogP contribution in [0.15, 0.2) is 54.9 Å². The third-order valence-corrected chi connectivity index (χ3v) is 13.3. The van der Waals surface area contributed by atoms with E-state index in [4.69, 9.17) is 15.2 Å². The number of nitriles is 1. The van der Waals surface area contributed by atoms with Crippen molar-refractivity contribution in [3.05, 3.63) is 79.0 Å². The molecule has 4 fully saturated rings. The van der Waals surface area contributed by atoms with Gasteiger partial charge in [-0.25, -0.2) is 17.9 Å². The number of primary amides is 1. The number of benzene rings is 3. The van der Waals surface area contributed by atoms with Crippen molar-refractivity contribution in [2.24, 2.45) is 18.2 Å². The van der Waals surface area contributed by atoms with Crippen LogP contribution in [0, 0.1) is 35.3 Å². The maximum atomic E-state index is 15.2. The summed E-state index contributed by atoms with van der Waals surface area (Å²) in [5, 5.41) is 14.5. The largest absolute Gasteiger partial charge is 1.00 e. The molecule has 2 aromatic heterocycles. The van der Waals surface area contributed by atoms with Crippen LogP contribution in [0.2, 0.25) is 0 Å². The van der Waals surface area contributed by atoms with Crippen molar-refractivity contribution in [3.63, 3.8) is 0 Å². The molecule has 0 atom stereocenters. The molecule has 1 saturated carbocycles. The van der Waals surface area contributed by atoms with Crippen molar-refractivity contribution in [2.75, 3.05) is 67.4 Å². The molecule has 3 aromatic carbocycles. The van der Waals surface area contributed by atoms with Gasteiger partial charge < -0.3 is 47.0 Å². The molecule has 0 radical (unpaired) electrons. The zero-order valence-corrected chi connectivity index (χ0v) is 39.6. The average molecular weight is 895 g/mol. The number of fused-ring (bicyclic) bond motifs is 2. The number of nitrogens with zero attached hydrogens (tertiary/aromatic N) is 9. The zero-order chi connectivity index (χ0) is 42.2. The molecule has 324 valence electrons. The van der Waals surface area contributed by atoms with E-state index in [1.165, 1.54) is 73.8 Å². The molecule has 5 aromatic rings. The minimum atomic E-state index is -0.650. The Morgan fingerprint density at radius 1 is 1.10 bits per heavy atom. The predicted molar refractivity (Wildman–Crippen MR) is 232 cm³/mol. The average Bonchev–Trinajstić information content (AvgIpc) is 3.80. The molecule has 4 aliphatic rings. The molecule has 62 heavy (non-hydrogen) atoms. The summed E-state index contributed by atoms with van der Waals surface area (Å²) in [4.78, 5) is 26.2. The first kappa shape index (κ1) is 47.8. The van der Waals surface area contributed by atoms with Crippen molar-refractivity contribution in [1.29, 1.82) is 5.26 Å². The maximum absolute atomic E-state index is 15.2. The second-order valence-electron chi connectivity index (χ2n) is 16.2. The Labute approximate surface area is 407 Å². The van der Waals surface area contributed by atoms with E-state index >= 15 is 4.39 Å². The molecule has 15 nitrogen and oxygen atoms in total. The van der Waals surface area contributed by atoms with E-state index in [9.17, 15) is 14.4 Å². The number of aromatic nitrogens is 4. The molecule has 3 aliphatic heterocycles. The number of carbonyl (C=O) groups excluding carboxylic acids is 1. The summed E-state index contributed by atoms with van der Waals surface area (Å²) in [6.45, 7) is 11.7. The first-order valence-corrected chi connectivity index (χ1v) is 21.1. The standard InChI is InChI=1S/C25H34FN6O2.C18H16FN5OS.K.H2O/c1-3-32(23(27)33)22-18-11-19(26)21(12-20(18)29(2)28-22)31-15-24(16-31)13-17(14-24)30-8-6-25(7-9-30)5-4-10-34-25;1-3-24(2)26-23-15-7-5-14(19)18(13(15)11-20)25-12-4-6-16-17(10-12)22-9-8-21-16;;/h11-12,17H,1,3-10,13-16H2,2H3,(H2,27,33);4-10,23H,3H2,1-2H3;;1H2/q-1;;+1;/p-1. The first-order valence-electron chi connectivity index (χ1n) is 20.3. The number of urea groups is 1. The number of likely N-dealkylation sites (tertiary alicyclic amines) is 1. The van der Waals surface area contributed by atoms with E-state index < -0.39 is 11.8 Å². The third-order valence-electron chi connectivity index (χ3n) is 12.4. The molecular weight excluding hydrogens is 844 g/mol. The number of hydrogen-bond donors (Lipinski definition) is 2. The van der Waals surface area contributed by atoms with Gasteiger partial charge in [0.15, 0.2) is 17.4 Å². The van der Waals surface area contributed by atoms with Gasteiger partial charge >= 0.3 is 57.4 Å². The number of nitrogens with two attached hydrogens (primary N) is 1. The van der Waals surface area contributed by atoms with E-state index in [-0.39, 0.29) is 86.1 Å². The minimum absolute atomic E-state index is 0. The van der Waals surface area contributed by atoms with Gasteiger partial charge in [0.05, 0.1) is 33.5 Å². The van der Waals surface area contributed by atoms with Crippen LogP contribution < -0.4 is 76.4 Å².